The number of hydrogen-bond acceptors (Lipinski definition) is 5. The molecule has 7 nitrogen and oxygen atoms in total. The van der Waals surface area contributed by atoms with E-state index >= 15 is 0 Å². The average Bonchev–Trinajstić information content (AvgIpc) is 3.15. The number of hydrogen-bond donors (Lipinski definition) is 1. The van der Waals surface area contributed by atoms with Crippen LogP contribution in [0.5, 0.6) is 11.6 Å². The number of ether oxygens (including phenoxy) is 2. The Morgan fingerprint density at radius 2 is 2.04 bits per heavy atom. The minimum absolute atomic E-state index is 0.0623. The lowest BCUT2D eigenvalue weighted by Crippen LogP contribution is -2.39. The molecule has 0 aliphatic carbocycles. The molecule has 0 radical (unpaired) electrons. The normalized spacial score (nSPS) is 16.2. The van der Waals surface area contributed by atoms with Crippen LogP contribution in [0.4, 0.5) is 0 Å². The highest BCUT2D eigenvalue weighted by molar-refractivity contribution is 5.98. The molecule has 3 rings (SSSR count). The van der Waals surface area contributed by atoms with Crippen molar-refractivity contribution in [2.45, 2.75) is 12.5 Å². The first-order chi connectivity index (χ1) is 12.7. The molecule has 1 N–H and O–H groups in total. The fourth-order valence-corrected chi connectivity index (χ4v) is 2.83. The molecule has 1 aliphatic rings. The maximum atomic E-state index is 12.3. The van der Waals surface area contributed by atoms with Gasteiger partial charge in [0.25, 0.3) is 5.91 Å². The number of carbonyl (C=O) groups is 2. The van der Waals surface area contributed by atoms with Crippen molar-refractivity contribution in [2.75, 3.05) is 26.7 Å². The minimum atomic E-state index is -0.337. The average molecular weight is 355 g/mol. The van der Waals surface area contributed by atoms with Crippen LogP contribution >= 0.6 is 0 Å². The van der Waals surface area contributed by atoms with E-state index in [1.54, 1.807) is 41.4 Å². The summed E-state index contributed by atoms with van der Waals surface area (Å²) in [5, 5.41) is 2.65. The Bertz CT molecular complexity index is 766. The van der Waals surface area contributed by atoms with Gasteiger partial charge in [-0.05, 0) is 18.2 Å². The summed E-state index contributed by atoms with van der Waals surface area (Å²) in [4.78, 5) is 30.4. The predicted molar refractivity (Wildman–Crippen MR) is 95.2 cm³/mol. The second-order valence-electron chi connectivity index (χ2n) is 5.92. The molecule has 1 atom stereocenters. The number of nitrogens with one attached hydrogen (secondary N) is 1. The highest BCUT2D eigenvalue weighted by atomic mass is 16.5. The van der Waals surface area contributed by atoms with Crippen LogP contribution in [-0.2, 0) is 4.79 Å². The van der Waals surface area contributed by atoms with Crippen LogP contribution in [0.1, 0.15) is 16.8 Å². The smallest absolute Gasteiger partial charge is 0.255 e. The largest absolute Gasteiger partial charge is 0.496 e. The summed E-state index contributed by atoms with van der Waals surface area (Å²) >= 11 is 0. The van der Waals surface area contributed by atoms with Crippen molar-refractivity contribution in [2.24, 2.45) is 0 Å². The van der Waals surface area contributed by atoms with E-state index in [-0.39, 0.29) is 24.5 Å². The fraction of sp³-hybridized carbons (Fsp3) is 0.316. The molecule has 2 aromatic rings. The number of benzene rings is 1. The predicted octanol–water partition coefficient (Wildman–Crippen LogP) is 1.50. The number of rotatable bonds is 6. The van der Waals surface area contributed by atoms with Crippen molar-refractivity contribution in [3.63, 3.8) is 0 Å². The monoisotopic (exact) mass is 355 g/mol. The van der Waals surface area contributed by atoms with E-state index in [0.29, 0.717) is 30.3 Å². The van der Waals surface area contributed by atoms with E-state index in [9.17, 15) is 9.59 Å². The first-order valence-electron chi connectivity index (χ1n) is 8.44. The number of aromatic nitrogens is 1. The Kier molecular flexibility index (Phi) is 5.68. The molecular weight excluding hydrogens is 334 g/mol. The zero-order chi connectivity index (χ0) is 18.4. The molecular formula is C19H21N3O4. The molecule has 1 unspecified atom stereocenters. The summed E-state index contributed by atoms with van der Waals surface area (Å²) in [6.07, 6.45) is 2.32. The summed E-state index contributed by atoms with van der Waals surface area (Å²) < 4.78 is 10.9. The third-order valence-electron chi connectivity index (χ3n) is 4.17. The zero-order valence-corrected chi connectivity index (χ0v) is 14.6. The van der Waals surface area contributed by atoms with E-state index in [1.165, 1.54) is 7.11 Å². The molecule has 7 heteroatoms. The molecule has 0 saturated carbocycles. The molecule has 1 fully saturated rings. The van der Waals surface area contributed by atoms with Gasteiger partial charge in [0.2, 0.25) is 11.8 Å². The third-order valence-corrected chi connectivity index (χ3v) is 4.17. The van der Waals surface area contributed by atoms with Gasteiger partial charge < -0.3 is 19.7 Å². The van der Waals surface area contributed by atoms with Crippen molar-refractivity contribution in [3.8, 4) is 11.6 Å². The van der Waals surface area contributed by atoms with Gasteiger partial charge >= 0.3 is 0 Å². The maximum absolute atomic E-state index is 12.3. The third kappa shape index (κ3) is 4.30. The van der Waals surface area contributed by atoms with Crippen LogP contribution in [0.3, 0.4) is 0 Å². The van der Waals surface area contributed by atoms with Gasteiger partial charge in [-0.25, -0.2) is 4.98 Å². The van der Waals surface area contributed by atoms with E-state index in [2.05, 4.69) is 10.3 Å². The van der Waals surface area contributed by atoms with Crippen molar-refractivity contribution >= 4 is 11.8 Å². The highest BCUT2D eigenvalue weighted by Gasteiger charge is 2.28. The molecule has 1 aliphatic heterocycles. The van der Waals surface area contributed by atoms with Crippen molar-refractivity contribution < 1.29 is 19.1 Å². The highest BCUT2D eigenvalue weighted by Crippen LogP contribution is 2.18. The Hall–Kier alpha value is -3.09. The Balaban J connectivity index is 1.49. The molecule has 1 aromatic carbocycles. The van der Waals surface area contributed by atoms with Gasteiger partial charge in [-0.2, -0.15) is 0 Å². The van der Waals surface area contributed by atoms with Crippen LogP contribution < -0.4 is 14.8 Å². The SMILES string of the molecule is COc1ccccc1C(=O)NCC(=O)N1CCC(Oc2ccccn2)C1. The number of pyridine rings is 1. The molecule has 1 saturated heterocycles. The van der Waals surface area contributed by atoms with Crippen LogP contribution in [0.25, 0.3) is 0 Å². The lowest BCUT2D eigenvalue weighted by Gasteiger charge is -2.17. The summed E-state index contributed by atoms with van der Waals surface area (Å²) in [5.74, 6) is 0.551. The van der Waals surface area contributed by atoms with Gasteiger partial charge in [0, 0.05) is 25.2 Å². The Morgan fingerprint density at radius 3 is 2.81 bits per heavy atom. The van der Waals surface area contributed by atoms with Crippen LogP contribution in [-0.4, -0.2) is 54.5 Å². The van der Waals surface area contributed by atoms with Crippen LogP contribution in [0.15, 0.2) is 48.7 Å². The van der Waals surface area contributed by atoms with Gasteiger partial charge in [-0.1, -0.05) is 18.2 Å². The quantitative estimate of drug-likeness (QED) is 0.849. The standard InChI is InChI=1S/C19H21N3O4/c1-25-16-7-3-2-6-15(16)19(24)21-12-18(23)22-11-9-14(13-22)26-17-8-4-5-10-20-17/h2-8,10,14H,9,11-13H2,1H3,(H,21,24). The molecule has 26 heavy (non-hydrogen) atoms. The Morgan fingerprint density at radius 1 is 1.23 bits per heavy atom. The molecule has 2 amide bonds. The van der Waals surface area contributed by atoms with Gasteiger partial charge in [-0.3, -0.25) is 9.59 Å². The van der Waals surface area contributed by atoms with E-state index < -0.39 is 0 Å². The number of para-hydroxylation sites is 1. The molecule has 1 aromatic heterocycles. The zero-order valence-electron chi connectivity index (χ0n) is 14.6. The molecule has 136 valence electrons. The fourth-order valence-electron chi connectivity index (χ4n) is 2.83. The summed E-state index contributed by atoms with van der Waals surface area (Å²) in [6, 6.07) is 12.4. The second-order valence-corrected chi connectivity index (χ2v) is 5.92. The summed E-state index contributed by atoms with van der Waals surface area (Å²) in [5.41, 5.74) is 0.403. The van der Waals surface area contributed by atoms with E-state index in [0.717, 1.165) is 6.42 Å². The number of nitrogens with zero attached hydrogens (tertiary/aromatic N) is 2. The number of carbonyl (C=O) groups excluding carboxylic acids is 2. The summed E-state index contributed by atoms with van der Waals surface area (Å²) in [7, 11) is 1.50. The lowest BCUT2D eigenvalue weighted by atomic mass is 10.2. The number of amides is 2. The van der Waals surface area contributed by atoms with Crippen LogP contribution in [0.2, 0.25) is 0 Å². The van der Waals surface area contributed by atoms with Gasteiger partial charge in [0.1, 0.15) is 11.9 Å². The topological polar surface area (TPSA) is 80.8 Å². The van der Waals surface area contributed by atoms with Crippen molar-refractivity contribution in [1.82, 2.24) is 15.2 Å². The molecule has 2 heterocycles. The van der Waals surface area contributed by atoms with Crippen molar-refractivity contribution in [3.05, 3.63) is 54.2 Å². The molecule has 0 spiro atoms. The van der Waals surface area contributed by atoms with Gasteiger partial charge in [0.05, 0.1) is 25.8 Å². The lowest BCUT2D eigenvalue weighted by molar-refractivity contribution is -0.129. The maximum Gasteiger partial charge on any atom is 0.255 e. The second kappa shape index (κ2) is 8.33. The number of methoxy groups -OCH3 is 1. The summed E-state index contributed by atoms with van der Waals surface area (Å²) in [6.45, 7) is 1.02. The minimum Gasteiger partial charge on any atom is -0.496 e. The van der Waals surface area contributed by atoms with E-state index in [4.69, 9.17) is 9.47 Å². The van der Waals surface area contributed by atoms with Crippen LogP contribution in [0, 0.1) is 0 Å². The van der Waals surface area contributed by atoms with Gasteiger partial charge in [-0.15, -0.1) is 0 Å². The van der Waals surface area contributed by atoms with E-state index in [1.807, 2.05) is 12.1 Å². The first kappa shape index (κ1) is 17.7. The Labute approximate surface area is 151 Å². The number of likely N-dealkylation sites (tertiary alicyclic amines) is 1. The van der Waals surface area contributed by atoms with Gasteiger partial charge in [0.15, 0.2) is 0 Å². The van der Waals surface area contributed by atoms with Crippen molar-refractivity contribution in [1.29, 1.82) is 0 Å². The molecule has 0 bridgehead atoms. The first-order valence-corrected chi connectivity index (χ1v) is 8.44.